The van der Waals surface area contributed by atoms with Gasteiger partial charge in [0.15, 0.2) is 5.65 Å². The molecule has 3 aromatic heterocycles. The second-order valence-electron chi connectivity index (χ2n) is 8.08. The van der Waals surface area contributed by atoms with Crippen LogP contribution in [-0.2, 0) is 0 Å². The Morgan fingerprint density at radius 2 is 1.63 bits per heavy atom. The Labute approximate surface area is 195 Å². The van der Waals surface area contributed by atoms with E-state index in [0.717, 1.165) is 23.0 Å². The van der Waals surface area contributed by atoms with E-state index in [1.54, 1.807) is 18.3 Å². The number of fused-ring (bicyclic) bond motifs is 1. The molecule has 5 aromatic rings. The molecule has 0 aliphatic rings. The average molecular weight is 484 g/mol. The predicted molar refractivity (Wildman–Crippen MR) is 119 cm³/mol. The van der Waals surface area contributed by atoms with Gasteiger partial charge in [-0.25, -0.2) is 22.1 Å². The van der Waals surface area contributed by atoms with E-state index in [-0.39, 0.29) is 28.2 Å². The maximum atomic E-state index is 15.6. The standard InChI is InChI=1S/C24H17F5N6/c1-24(28,29)21(13-5-7-15(25)8-6-13)35-12-18(22(27)32-35)17-4-2-3-16(20(17)26)14-9-10-34-19(11-14)31-23(30)33-34/h2-12,21H,1H3,(H2,30,33). The first-order chi connectivity index (χ1) is 16.6. The molecular formula is C24H17F5N6. The molecule has 5 rings (SSSR count). The lowest BCUT2D eigenvalue weighted by Crippen LogP contribution is -2.29. The van der Waals surface area contributed by atoms with Gasteiger partial charge in [-0.3, -0.25) is 4.68 Å². The Morgan fingerprint density at radius 3 is 2.34 bits per heavy atom. The number of hydrogen-bond donors (Lipinski definition) is 1. The van der Waals surface area contributed by atoms with Gasteiger partial charge in [-0.05, 0) is 35.4 Å². The molecular weight excluding hydrogens is 467 g/mol. The van der Waals surface area contributed by atoms with Gasteiger partial charge < -0.3 is 5.73 Å². The molecule has 0 saturated carbocycles. The summed E-state index contributed by atoms with van der Waals surface area (Å²) in [5.41, 5.74) is 6.10. The van der Waals surface area contributed by atoms with E-state index >= 15 is 4.39 Å². The van der Waals surface area contributed by atoms with Crippen LogP contribution in [0.15, 0.2) is 67.0 Å². The minimum Gasteiger partial charge on any atom is -0.366 e. The lowest BCUT2D eigenvalue weighted by atomic mass is 9.99. The van der Waals surface area contributed by atoms with Crippen LogP contribution in [0.25, 0.3) is 27.9 Å². The van der Waals surface area contributed by atoms with Crippen LogP contribution < -0.4 is 5.73 Å². The van der Waals surface area contributed by atoms with Gasteiger partial charge in [0.05, 0.1) is 5.56 Å². The summed E-state index contributed by atoms with van der Waals surface area (Å²) in [4.78, 5) is 4.04. The van der Waals surface area contributed by atoms with Crippen molar-refractivity contribution in [2.24, 2.45) is 0 Å². The molecule has 0 aliphatic carbocycles. The first kappa shape index (κ1) is 22.5. The number of rotatable bonds is 5. The molecule has 11 heteroatoms. The SMILES string of the molecule is CC(F)(F)C(c1ccc(F)cc1)n1cc(-c2cccc(-c3ccn4nc(N)nc4c3)c2F)c(F)n1. The maximum Gasteiger partial charge on any atom is 0.271 e. The van der Waals surface area contributed by atoms with Crippen LogP contribution in [0.4, 0.5) is 27.9 Å². The van der Waals surface area contributed by atoms with Gasteiger partial charge in [0.2, 0.25) is 11.9 Å². The van der Waals surface area contributed by atoms with E-state index < -0.39 is 29.5 Å². The van der Waals surface area contributed by atoms with Crippen LogP contribution in [0, 0.1) is 17.6 Å². The third kappa shape index (κ3) is 4.09. The van der Waals surface area contributed by atoms with Crippen LogP contribution >= 0.6 is 0 Å². The fourth-order valence-electron chi connectivity index (χ4n) is 4.03. The summed E-state index contributed by atoms with van der Waals surface area (Å²) in [5, 5.41) is 7.58. The van der Waals surface area contributed by atoms with Crippen LogP contribution in [0.3, 0.4) is 0 Å². The topological polar surface area (TPSA) is 74.0 Å². The number of benzene rings is 2. The summed E-state index contributed by atoms with van der Waals surface area (Å²) in [6, 6.07) is 10.1. The zero-order valence-corrected chi connectivity index (χ0v) is 18.1. The molecule has 0 aliphatic heterocycles. The van der Waals surface area contributed by atoms with Crippen molar-refractivity contribution in [1.82, 2.24) is 24.4 Å². The van der Waals surface area contributed by atoms with E-state index in [4.69, 9.17) is 5.73 Å². The summed E-state index contributed by atoms with van der Waals surface area (Å²) < 4.78 is 75.0. The molecule has 0 spiro atoms. The van der Waals surface area contributed by atoms with Crippen molar-refractivity contribution in [3.8, 4) is 22.3 Å². The Morgan fingerprint density at radius 1 is 0.914 bits per heavy atom. The van der Waals surface area contributed by atoms with Crippen molar-refractivity contribution in [3.63, 3.8) is 0 Å². The number of alkyl halides is 2. The first-order valence-corrected chi connectivity index (χ1v) is 10.4. The highest BCUT2D eigenvalue weighted by molar-refractivity contribution is 5.75. The zero-order valence-electron chi connectivity index (χ0n) is 18.1. The zero-order chi connectivity index (χ0) is 24.9. The van der Waals surface area contributed by atoms with Crippen molar-refractivity contribution in [3.05, 3.63) is 90.1 Å². The number of pyridine rings is 1. The van der Waals surface area contributed by atoms with Gasteiger partial charge in [-0.15, -0.1) is 10.2 Å². The minimum absolute atomic E-state index is 0.0167. The Bertz CT molecular complexity index is 1530. The van der Waals surface area contributed by atoms with E-state index in [9.17, 15) is 17.6 Å². The molecule has 1 unspecified atom stereocenters. The number of nitrogens with zero attached hydrogens (tertiary/aromatic N) is 5. The van der Waals surface area contributed by atoms with Gasteiger partial charge in [0.25, 0.3) is 5.92 Å². The summed E-state index contributed by atoms with van der Waals surface area (Å²) in [7, 11) is 0. The Hall–Kier alpha value is -4.28. The van der Waals surface area contributed by atoms with Crippen molar-refractivity contribution in [2.45, 2.75) is 18.9 Å². The number of halogens is 5. The van der Waals surface area contributed by atoms with Crippen molar-refractivity contribution in [1.29, 1.82) is 0 Å². The highest BCUT2D eigenvalue weighted by Crippen LogP contribution is 2.37. The van der Waals surface area contributed by atoms with E-state index in [2.05, 4.69) is 15.2 Å². The fraction of sp³-hybridized carbons (Fsp3) is 0.125. The predicted octanol–water partition coefficient (Wildman–Crippen LogP) is 5.50. The summed E-state index contributed by atoms with van der Waals surface area (Å²) in [6.07, 6.45) is 2.57. The average Bonchev–Trinajstić information content (AvgIpc) is 3.35. The second kappa shape index (κ2) is 8.19. The molecule has 0 saturated heterocycles. The van der Waals surface area contributed by atoms with Crippen molar-refractivity contribution < 1.29 is 22.0 Å². The fourth-order valence-corrected chi connectivity index (χ4v) is 4.03. The smallest absolute Gasteiger partial charge is 0.271 e. The largest absolute Gasteiger partial charge is 0.366 e. The molecule has 6 nitrogen and oxygen atoms in total. The van der Waals surface area contributed by atoms with Gasteiger partial charge in [-0.2, -0.15) is 9.37 Å². The highest BCUT2D eigenvalue weighted by Gasteiger charge is 2.38. The van der Waals surface area contributed by atoms with Crippen LogP contribution in [0.1, 0.15) is 18.5 Å². The number of nitrogen functional groups attached to an aromatic ring is 1. The maximum absolute atomic E-state index is 15.6. The third-order valence-electron chi connectivity index (χ3n) is 5.57. The van der Waals surface area contributed by atoms with E-state index in [0.29, 0.717) is 18.1 Å². The summed E-state index contributed by atoms with van der Waals surface area (Å²) in [6.45, 7) is 0.648. The molecule has 2 N–H and O–H groups in total. The lowest BCUT2D eigenvalue weighted by molar-refractivity contribution is -0.0221. The summed E-state index contributed by atoms with van der Waals surface area (Å²) in [5.74, 6) is -5.84. The lowest BCUT2D eigenvalue weighted by Gasteiger charge is -2.24. The molecule has 1 atom stereocenters. The van der Waals surface area contributed by atoms with Gasteiger partial charge in [-0.1, -0.05) is 30.3 Å². The van der Waals surface area contributed by atoms with E-state index in [1.807, 2.05) is 0 Å². The Balaban J connectivity index is 1.59. The molecule has 2 aromatic carbocycles. The summed E-state index contributed by atoms with van der Waals surface area (Å²) >= 11 is 0. The number of nitrogens with two attached hydrogens (primary N) is 1. The van der Waals surface area contributed by atoms with Gasteiger partial charge in [0, 0.05) is 30.4 Å². The molecule has 178 valence electrons. The van der Waals surface area contributed by atoms with Crippen LogP contribution in [0.2, 0.25) is 0 Å². The molecule has 35 heavy (non-hydrogen) atoms. The Kier molecular flexibility index (Phi) is 5.27. The van der Waals surface area contributed by atoms with Crippen molar-refractivity contribution >= 4 is 11.6 Å². The first-order valence-electron chi connectivity index (χ1n) is 10.4. The van der Waals surface area contributed by atoms with E-state index in [1.165, 1.54) is 34.8 Å². The van der Waals surface area contributed by atoms with Crippen molar-refractivity contribution in [2.75, 3.05) is 5.73 Å². The number of aromatic nitrogens is 5. The molecule has 3 heterocycles. The van der Waals surface area contributed by atoms with Gasteiger partial charge >= 0.3 is 0 Å². The van der Waals surface area contributed by atoms with Crippen LogP contribution in [-0.4, -0.2) is 30.3 Å². The number of anilines is 1. The second-order valence-corrected chi connectivity index (χ2v) is 8.08. The van der Waals surface area contributed by atoms with Crippen LogP contribution in [0.5, 0.6) is 0 Å². The third-order valence-corrected chi connectivity index (χ3v) is 5.57. The normalized spacial score (nSPS) is 12.9. The quantitative estimate of drug-likeness (QED) is 0.334. The molecule has 0 radical (unpaired) electrons. The van der Waals surface area contributed by atoms with Gasteiger partial charge in [0.1, 0.15) is 17.7 Å². The molecule has 0 fully saturated rings. The highest BCUT2D eigenvalue weighted by atomic mass is 19.3. The molecule has 0 bridgehead atoms. The number of hydrogen-bond acceptors (Lipinski definition) is 4. The monoisotopic (exact) mass is 484 g/mol. The molecule has 0 amide bonds. The minimum atomic E-state index is -3.39.